The quantitative estimate of drug-likeness (QED) is 0.467. The van der Waals surface area contributed by atoms with Gasteiger partial charge in [0.25, 0.3) is 11.7 Å². The van der Waals surface area contributed by atoms with Crippen molar-refractivity contribution in [2.45, 2.75) is 25.4 Å². The fourth-order valence-corrected chi connectivity index (χ4v) is 3.16. The molecule has 0 unspecified atom stereocenters. The second-order valence-electron chi connectivity index (χ2n) is 6.08. The smallest absolute Gasteiger partial charge is 0.310 e. The number of hydrogen-bond donors (Lipinski definition) is 1. The van der Waals surface area contributed by atoms with Crippen LogP contribution in [0.3, 0.4) is 0 Å². The largest absolute Gasteiger partial charge is 0.455 e. The van der Waals surface area contributed by atoms with Gasteiger partial charge in [0, 0.05) is 22.0 Å². The van der Waals surface area contributed by atoms with Gasteiger partial charge in [-0.25, -0.2) is 13.9 Å². The summed E-state index contributed by atoms with van der Waals surface area (Å²) in [6.45, 7) is 3.01. The first kappa shape index (κ1) is 21.0. The summed E-state index contributed by atoms with van der Waals surface area (Å²) in [4.78, 5) is 32.8. The Morgan fingerprint density at radius 3 is 2.79 bits per heavy atom. The molecule has 3 rings (SSSR count). The number of aryl methyl sites for hydroxylation is 2. The fraction of sp³-hybridized carbons (Fsp3) is 0.278. The van der Waals surface area contributed by atoms with E-state index in [2.05, 4.69) is 20.4 Å². The van der Waals surface area contributed by atoms with Crippen LogP contribution < -0.4 is 5.32 Å². The molecule has 152 valence electrons. The number of anilines is 1. The molecule has 3 aromatic rings. The third-order valence-electron chi connectivity index (χ3n) is 4.10. The molecule has 0 aliphatic heterocycles. The van der Waals surface area contributed by atoms with Crippen molar-refractivity contribution in [1.82, 2.24) is 19.6 Å². The molecular formula is C18H17ClFN5O3S. The first-order valence-corrected chi connectivity index (χ1v) is 10.1. The number of thioether (sulfide) groups is 1. The third-order valence-corrected chi connectivity index (χ3v) is 4.87. The number of hydrogen-bond acceptors (Lipinski definition) is 7. The molecule has 0 bridgehead atoms. The van der Waals surface area contributed by atoms with Gasteiger partial charge < -0.3 is 10.1 Å². The van der Waals surface area contributed by atoms with Crippen LogP contribution >= 0.6 is 23.4 Å². The maximum absolute atomic E-state index is 13.7. The van der Waals surface area contributed by atoms with E-state index in [1.165, 1.54) is 23.9 Å². The summed E-state index contributed by atoms with van der Waals surface area (Å²) in [5.41, 5.74) is 1.89. The maximum Gasteiger partial charge on any atom is 0.310 e. The van der Waals surface area contributed by atoms with Crippen LogP contribution in [-0.2, 0) is 20.7 Å². The molecule has 2 heterocycles. The van der Waals surface area contributed by atoms with Gasteiger partial charge in [0.1, 0.15) is 5.82 Å². The highest BCUT2D eigenvalue weighted by atomic mass is 35.5. The van der Waals surface area contributed by atoms with Gasteiger partial charge in [-0.1, -0.05) is 23.4 Å². The monoisotopic (exact) mass is 437 g/mol. The molecule has 0 fully saturated rings. The molecule has 29 heavy (non-hydrogen) atoms. The Kier molecular flexibility index (Phi) is 6.33. The molecule has 0 spiro atoms. The summed E-state index contributed by atoms with van der Waals surface area (Å²) in [5.74, 6) is -1.49. The Labute approximate surface area is 174 Å². The summed E-state index contributed by atoms with van der Waals surface area (Å²) in [6.07, 6.45) is 1.77. The van der Waals surface area contributed by atoms with Crippen LogP contribution in [0, 0.1) is 19.7 Å². The molecule has 0 radical (unpaired) electrons. The van der Waals surface area contributed by atoms with E-state index >= 15 is 0 Å². The lowest BCUT2D eigenvalue weighted by atomic mass is 10.1. The minimum atomic E-state index is -0.678. The number of fused-ring (bicyclic) bond motifs is 1. The normalized spacial score (nSPS) is 10.9. The van der Waals surface area contributed by atoms with Crippen LogP contribution in [0.1, 0.15) is 17.0 Å². The van der Waals surface area contributed by atoms with E-state index < -0.39 is 24.3 Å². The number of amides is 1. The Morgan fingerprint density at radius 1 is 1.31 bits per heavy atom. The van der Waals surface area contributed by atoms with E-state index in [4.69, 9.17) is 16.3 Å². The number of esters is 1. The minimum absolute atomic E-state index is 0.0873. The predicted molar refractivity (Wildman–Crippen MR) is 107 cm³/mol. The first-order valence-electron chi connectivity index (χ1n) is 8.46. The average Bonchev–Trinajstić information content (AvgIpc) is 3.09. The molecule has 0 atom stereocenters. The molecule has 8 nitrogen and oxygen atoms in total. The van der Waals surface area contributed by atoms with Gasteiger partial charge in [-0.3, -0.25) is 9.59 Å². The average molecular weight is 438 g/mol. The highest BCUT2D eigenvalue weighted by molar-refractivity contribution is 7.98. The number of carbonyl (C=O) groups excluding carboxylic acids is 2. The molecular weight excluding hydrogens is 421 g/mol. The number of carbonyl (C=O) groups is 2. The summed E-state index contributed by atoms with van der Waals surface area (Å²) in [5, 5.41) is 7.48. The fourth-order valence-electron chi connectivity index (χ4n) is 2.65. The van der Waals surface area contributed by atoms with Gasteiger partial charge in [-0.2, -0.15) is 4.98 Å². The first-order chi connectivity index (χ1) is 13.8. The van der Waals surface area contributed by atoms with Crippen molar-refractivity contribution in [2.75, 3.05) is 18.2 Å². The van der Waals surface area contributed by atoms with Crippen LogP contribution in [0.25, 0.3) is 5.78 Å². The standard InChI is InChI=1S/C18H17ClFN5O3S/c1-9-12(10(2)25-17(21-9)23-18(24-25)29-3)7-16(27)28-8-15(26)22-14-6-11(19)4-5-13(14)20/h4-6H,7-8H2,1-3H3,(H,22,26). The summed E-state index contributed by atoms with van der Waals surface area (Å²) >= 11 is 7.17. The third kappa shape index (κ3) is 4.83. The Morgan fingerprint density at radius 2 is 2.07 bits per heavy atom. The molecule has 0 saturated carbocycles. The number of aromatic nitrogens is 4. The molecule has 11 heteroatoms. The molecule has 1 amide bonds. The lowest BCUT2D eigenvalue weighted by molar-refractivity contribution is -0.146. The topological polar surface area (TPSA) is 98.5 Å². The molecule has 2 aromatic heterocycles. The molecule has 1 N–H and O–H groups in total. The second-order valence-corrected chi connectivity index (χ2v) is 7.29. The van der Waals surface area contributed by atoms with E-state index in [0.717, 1.165) is 6.07 Å². The zero-order valence-electron chi connectivity index (χ0n) is 15.8. The summed E-state index contributed by atoms with van der Waals surface area (Å²) in [7, 11) is 0. The van der Waals surface area contributed by atoms with Gasteiger partial charge >= 0.3 is 5.97 Å². The van der Waals surface area contributed by atoms with Crippen molar-refractivity contribution in [1.29, 1.82) is 0 Å². The Hall–Kier alpha value is -2.72. The van der Waals surface area contributed by atoms with E-state index in [1.807, 2.05) is 6.26 Å². The van der Waals surface area contributed by atoms with Gasteiger partial charge in [-0.05, 0) is 38.3 Å². The lowest BCUT2D eigenvalue weighted by Gasteiger charge is -2.11. The highest BCUT2D eigenvalue weighted by Gasteiger charge is 2.17. The number of halogens is 2. The molecule has 0 aliphatic carbocycles. The van der Waals surface area contributed by atoms with Crippen molar-refractivity contribution in [3.63, 3.8) is 0 Å². The second kappa shape index (κ2) is 8.75. The maximum atomic E-state index is 13.7. The summed E-state index contributed by atoms with van der Waals surface area (Å²) in [6, 6.07) is 3.76. The van der Waals surface area contributed by atoms with Crippen molar-refractivity contribution in [3.05, 3.63) is 46.0 Å². The van der Waals surface area contributed by atoms with Crippen molar-refractivity contribution >= 4 is 46.7 Å². The minimum Gasteiger partial charge on any atom is -0.455 e. The van der Waals surface area contributed by atoms with Crippen molar-refractivity contribution < 1.29 is 18.7 Å². The number of ether oxygens (including phenoxy) is 1. The van der Waals surface area contributed by atoms with Gasteiger partial charge in [0.05, 0.1) is 12.1 Å². The molecule has 0 saturated heterocycles. The van der Waals surface area contributed by atoms with Crippen LogP contribution in [0.2, 0.25) is 5.02 Å². The number of nitrogens with zero attached hydrogens (tertiary/aromatic N) is 4. The Balaban J connectivity index is 1.65. The molecule has 0 aliphatic rings. The number of rotatable bonds is 6. The van der Waals surface area contributed by atoms with Gasteiger partial charge in [0.15, 0.2) is 6.61 Å². The SMILES string of the molecule is CSc1nc2nc(C)c(CC(=O)OCC(=O)Nc3cc(Cl)ccc3F)c(C)n2n1. The molecule has 1 aromatic carbocycles. The van der Waals surface area contributed by atoms with Crippen LogP contribution in [0.15, 0.2) is 23.4 Å². The highest BCUT2D eigenvalue weighted by Crippen LogP contribution is 2.20. The van der Waals surface area contributed by atoms with Crippen LogP contribution in [-0.4, -0.2) is 44.3 Å². The van der Waals surface area contributed by atoms with Crippen molar-refractivity contribution in [2.24, 2.45) is 0 Å². The van der Waals surface area contributed by atoms with E-state index in [9.17, 15) is 14.0 Å². The van der Waals surface area contributed by atoms with E-state index in [-0.39, 0.29) is 17.1 Å². The van der Waals surface area contributed by atoms with E-state index in [1.54, 1.807) is 18.4 Å². The zero-order valence-corrected chi connectivity index (χ0v) is 17.4. The predicted octanol–water partition coefficient (Wildman–Crippen LogP) is 2.98. The zero-order chi connectivity index (χ0) is 21.1. The Bertz CT molecular complexity index is 1100. The van der Waals surface area contributed by atoms with Gasteiger partial charge in [0.2, 0.25) is 5.16 Å². The lowest BCUT2D eigenvalue weighted by Crippen LogP contribution is -2.22. The van der Waals surface area contributed by atoms with Gasteiger partial charge in [-0.15, -0.1) is 5.10 Å². The van der Waals surface area contributed by atoms with Crippen LogP contribution in [0.4, 0.5) is 10.1 Å². The van der Waals surface area contributed by atoms with E-state index in [0.29, 0.717) is 27.9 Å². The van der Waals surface area contributed by atoms with Crippen molar-refractivity contribution in [3.8, 4) is 0 Å². The summed E-state index contributed by atoms with van der Waals surface area (Å²) < 4.78 is 20.2. The van der Waals surface area contributed by atoms with Crippen LogP contribution in [0.5, 0.6) is 0 Å². The number of nitrogens with one attached hydrogen (secondary N) is 1. The number of benzene rings is 1.